The number of pyridine rings is 1. The Bertz CT molecular complexity index is 3050. The summed E-state index contributed by atoms with van der Waals surface area (Å²) in [6.45, 7) is 4.65. The molecule has 10 aromatic rings. The minimum atomic E-state index is -0.0912. The summed E-state index contributed by atoms with van der Waals surface area (Å²) in [5, 5.41) is 15.8. The Morgan fingerprint density at radius 1 is 0.471 bits per heavy atom. The highest BCUT2D eigenvalue weighted by Crippen LogP contribution is 2.49. The molecule has 0 saturated carbocycles. The van der Waals surface area contributed by atoms with Gasteiger partial charge in [-0.05, 0) is 74.2 Å². The zero-order chi connectivity index (χ0) is 33.8. The Balaban J connectivity index is 1.05. The Morgan fingerprint density at radius 3 is 2.02 bits per heavy atom. The van der Waals surface area contributed by atoms with Crippen LogP contribution in [0.5, 0.6) is 0 Å². The third-order valence-electron chi connectivity index (χ3n) is 11.1. The monoisotopic (exact) mass is 669 g/mol. The highest BCUT2D eigenvalue weighted by Gasteiger charge is 2.35. The van der Waals surface area contributed by atoms with E-state index in [1.54, 1.807) is 0 Å². The maximum atomic E-state index is 4.86. The highest BCUT2D eigenvalue weighted by atomic mass is 32.1. The van der Waals surface area contributed by atoms with E-state index in [-0.39, 0.29) is 5.41 Å². The van der Waals surface area contributed by atoms with Crippen LogP contribution in [-0.2, 0) is 5.41 Å². The Kier molecular flexibility index (Phi) is 5.89. The average molecular weight is 670 g/mol. The Hall–Kier alpha value is -6.10. The molecule has 0 radical (unpaired) electrons. The second-order valence-corrected chi connectivity index (χ2v) is 15.3. The lowest BCUT2D eigenvalue weighted by molar-refractivity contribution is 0.660. The summed E-state index contributed by atoms with van der Waals surface area (Å²) >= 11 is 1.88. The minimum absolute atomic E-state index is 0.0912. The lowest BCUT2D eigenvalue weighted by atomic mass is 9.82. The van der Waals surface area contributed by atoms with Crippen LogP contribution in [0.4, 0.5) is 0 Å². The molecule has 0 aliphatic heterocycles. The van der Waals surface area contributed by atoms with E-state index in [9.17, 15) is 0 Å². The summed E-state index contributed by atoms with van der Waals surface area (Å²) < 4.78 is 4.93. The van der Waals surface area contributed by atoms with Crippen molar-refractivity contribution in [3.05, 3.63) is 163 Å². The quantitative estimate of drug-likeness (QED) is 0.175. The fraction of sp³-hybridized carbons (Fsp3) is 0.0638. The van der Waals surface area contributed by atoms with Gasteiger partial charge in [0.15, 0.2) is 11.5 Å². The Morgan fingerprint density at radius 2 is 1.14 bits per heavy atom. The number of thiophene rings is 1. The van der Waals surface area contributed by atoms with Gasteiger partial charge in [0.2, 0.25) is 0 Å². The van der Waals surface area contributed by atoms with E-state index in [1.165, 1.54) is 75.5 Å². The molecule has 3 heterocycles. The van der Waals surface area contributed by atoms with Gasteiger partial charge in [-0.2, -0.15) is 0 Å². The van der Waals surface area contributed by atoms with Gasteiger partial charge in [0.05, 0.1) is 5.52 Å². The third-order valence-corrected chi connectivity index (χ3v) is 12.4. The number of benzene rings is 7. The topological polar surface area (TPSA) is 30.2 Å². The second kappa shape index (κ2) is 10.5. The van der Waals surface area contributed by atoms with E-state index < -0.39 is 0 Å². The largest absolute Gasteiger partial charge is 0.274 e. The number of aromatic nitrogens is 3. The van der Waals surface area contributed by atoms with Crippen LogP contribution in [0.15, 0.2) is 152 Å². The predicted octanol–water partition coefficient (Wildman–Crippen LogP) is 12.7. The smallest absolute Gasteiger partial charge is 0.169 e. The van der Waals surface area contributed by atoms with Gasteiger partial charge in [0.25, 0.3) is 0 Å². The molecule has 7 aromatic carbocycles. The lowest BCUT2D eigenvalue weighted by Crippen LogP contribution is -2.15. The van der Waals surface area contributed by atoms with Crippen LogP contribution in [0, 0.1) is 0 Å². The highest BCUT2D eigenvalue weighted by molar-refractivity contribution is 7.26. The van der Waals surface area contributed by atoms with Crippen molar-refractivity contribution in [2.75, 3.05) is 0 Å². The standard InChI is InChI=1S/C47H31N3S/c1-47(2)40-16-7-5-11-34(40)35-24-22-31(27-41(35)47)45-48-49-46-38-13-4-3-10-33(38)39-26-30(23-25-42(39)50(45)46)28-18-20-29(21-19-28)32-14-9-15-37-36-12-6-8-17-43(36)51-44(32)37/h3-27H,1-2H3. The van der Waals surface area contributed by atoms with Crippen LogP contribution in [-0.4, -0.2) is 14.6 Å². The zero-order valence-corrected chi connectivity index (χ0v) is 29.0. The molecule has 0 bridgehead atoms. The third kappa shape index (κ3) is 4.05. The van der Waals surface area contributed by atoms with E-state index >= 15 is 0 Å². The number of hydrogen-bond acceptors (Lipinski definition) is 3. The average Bonchev–Trinajstić information content (AvgIpc) is 3.86. The first-order valence-electron chi connectivity index (χ1n) is 17.5. The number of fused-ring (bicyclic) bond motifs is 12. The number of hydrogen-bond donors (Lipinski definition) is 0. The molecule has 0 saturated heterocycles. The summed E-state index contributed by atoms with van der Waals surface area (Å²) in [6, 6.07) is 55.5. The molecule has 11 rings (SSSR count). The molecule has 3 aromatic heterocycles. The summed E-state index contributed by atoms with van der Waals surface area (Å²) in [5.74, 6) is 0.864. The summed E-state index contributed by atoms with van der Waals surface area (Å²) in [7, 11) is 0. The summed E-state index contributed by atoms with van der Waals surface area (Å²) in [4.78, 5) is 0. The van der Waals surface area contributed by atoms with Crippen LogP contribution >= 0.6 is 11.3 Å². The van der Waals surface area contributed by atoms with Crippen molar-refractivity contribution in [2.45, 2.75) is 19.3 Å². The van der Waals surface area contributed by atoms with Gasteiger partial charge in [0.1, 0.15) is 0 Å². The Labute approximate surface area is 299 Å². The summed E-state index contributed by atoms with van der Waals surface area (Å²) in [5.41, 5.74) is 13.2. The molecule has 240 valence electrons. The van der Waals surface area contributed by atoms with Gasteiger partial charge in [-0.25, -0.2) is 0 Å². The SMILES string of the molecule is CC1(C)c2ccccc2-c2ccc(-c3nnc4c5ccccc5c5cc(-c6ccc(-c7cccc8c7sc7ccccc78)cc6)ccc5n34)cc21. The van der Waals surface area contributed by atoms with Crippen molar-refractivity contribution in [3.8, 4) is 44.8 Å². The van der Waals surface area contributed by atoms with E-state index in [0.717, 1.165) is 27.9 Å². The summed E-state index contributed by atoms with van der Waals surface area (Å²) in [6.07, 6.45) is 0. The molecule has 51 heavy (non-hydrogen) atoms. The normalized spacial score (nSPS) is 13.5. The first kappa shape index (κ1) is 28.7. The van der Waals surface area contributed by atoms with E-state index in [1.807, 2.05) is 11.3 Å². The fourth-order valence-corrected chi connectivity index (χ4v) is 9.81. The molecule has 0 N–H and O–H groups in total. The molecule has 0 fully saturated rings. The maximum absolute atomic E-state index is 4.86. The molecule has 3 nitrogen and oxygen atoms in total. The fourth-order valence-electron chi connectivity index (χ4n) is 8.57. The van der Waals surface area contributed by atoms with Crippen LogP contribution < -0.4 is 0 Å². The van der Waals surface area contributed by atoms with Crippen molar-refractivity contribution in [1.82, 2.24) is 14.6 Å². The van der Waals surface area contributed by atoms with Crippen LogP contribution in [0.1, 0.15) is 25.0 Å². The van der Waals surface area contributed by atoms with E-state index in [0.29, 0.717) is 0 Å². The molecule has 1 aliphatic carbocycles. The first-order chi connectivity index (χ1) is 25.0. The van der Waals surface area contributed by atoms with E-state index in [2.05, 4.69) is 170 Å². The van der Waals surface area contributed by atoms with Crippen LogP contribution in [0.2, 0.25) is 0 Å². The minimum Gasteiger partial charge on any atom is -0.274 e. The van der Waals surface area contributed by atoms with E-state index in [4.69, 9.17) is 10.2 Å². The van der Waals surface area contributed by atoms with Crippen molar-refractivity contribution in [3.63, 3.8) is 0 Å². The molecule has 4 heteroatoms. The molecule has 0 unspecified atom stereocenters. The van der Waals surface area contributed by atoms with Gasteiger partial charge >= 0.3 is 0 Å². The van der Waals surface area contributed by atoms with Crippen LogP contribution in [0.25, 0.3) is 92.3 Å². The van der Waals surface area contributed by atoms with Crippen LogP contribution in [0.3, 0.4) is 0 Å². The predicted molar refractivity (Wildman–Crippen MR) is 215 cm³/mol. The number of nitrogens with zero attached hydrogens (tertiary/aromatic N) is 3. The van der Waals surface area contributed by atoms with Crippen molar-refractivity contribution >= 4 is 58.8 Å². The van der Waals surface area contributed by atoms with Crippen molar-refractivity contribution in [2.24, 2.45) is 0 Å². The first-order valence-corrected chi connectivity index (χ1v) is 18.3. The van der Waals surface area contributed by atoms with Crippen molar-refractivity contribution in [1.29, 1.82) is 0 Å². The van der Waals surface area contributed by atoms with Gasteiger partial charge in [-0.1, -0.05) is 141 Å². The lowest BCUT2D eigenvalue weighted by Gasteiger charge is -2.21. The van der Waals surface area contributed by atoms with Crippen molar-refractivity contribution < 1.29 is 0 Å². The molecular weight excluding hydrogens is 639 g/mol. The molecule has 0 spiro atoms. The number of rotatable bonds is 3. The second-order valence-electron chi connectivity index (χ2n) is 14.2. The molecule has 0 atom stereocenters. The molecule has 0 amide bonds. The molecular formula is C47H31N3S. The van der Waals surface area contributed by atoms with Gasteiger partial charge in [0, 0.05) is 41.9 Å². The molecule has 1 aliphatic rings. The maximum Gasteiger partial charge on any atom is 0.169 e. The van der Waals surface area contributed by atoms with Gasteiger partial charge < -0.3 is 0 Å². The van der Waals surface area contributed by atoms with Gasteiger partial charge in [-0.15, -0.1) is 21.5 Å². The van der Waals surface area contributed by atoms with Gasteiger partial charge in [-0.3, -0.25) is 4.40 Å². The zero-order valence-electron chi connectivity index (χ0n) is 28.2.